The van der Waals surface area contributed by atoms with Gasteiger partial charge in [-0.2, -0.15) is 0 Å². The summed E-state index contributed by atoms with van der Waals surface area (Å²) in [6.07, 6.45) is 0.407. The molecular weight excluding hydrogens is 234 g/mol. The molecule has 0 aliphatic rings. The van der Waals surface area contributed by atoms with E-state index in [1.165, 1.54) is 21.1 Å². The number of carbonyl (C=O) groups is 1. The number of aliphatic carboxylic acids is 1. The van der Waals surface area contributed by atoms with Crippen molar-refractivity contribution in [2.24, 2.45) is 5.92 Å². The standard InChI is InChI=1S/C9H19NO5S/c1-8(9(11)12)7-10(2)16(13,14)6-4-5-15-3/h8H,4-7H2,1-3H3,(H,11,12). The number of hydrogen-bond acceptors (Lipinski definition) is 4. The van der Waals surface area contributed by atoms with Crippen molar-refractivity contribution >= 4 is 16.0 Å². The number of nitrogens with zero attached hydrogens (tertiary/aromatic N) is 1. The normalized spacial score (nSPS) is 14.0. The summed E-state index contributed by atoms with van der Waals surface area (Å²) < 4.78 is 29.1. The second kappa shape index (κ2) is 6.82. The summed E-state index contributed by atoms with van der Waals surface area (Å²) in [5.74, 6) is -1.73. The van der Waals surface area contributed by atoms with Crippen LogP contribution in [0, 0.1) is 5.92 Å². The Balaban J connectivity index is 4.24. The average molecular weight is 253 g/mol. The van der Waals surface area contributed by atoms with Crippen molar-refractivity contribution in [3.05, 3.63) is 0 Å². The monoisotopic (exact) mass is 253 g/mol. The van der Waals surface area contributed by atoms with Crippen LogP contribution in [0.3, 0.4) is 0 Å². The third-order valence-corrected chi connectivity index (χ3v) is 4.08. The Bertz CT molecular complexity index is 314. The van der Waals surface area contributed by atoms with Gasteiger partial charge in [-0.3, -0.25) is 4.79 Å². The predicted molar refractivity (Wildman–Crippen MR) is 59.7 cm³/mol. The highest BCUT2D eigenvalue weighted by Gasteiger charge is 2.22. The maximum Gasteiger partial charge on any atom is 0.307 e. The third kappa shape index (κ3) is 5.43. The molecule has 1 N–H and O–H groups in total. The van der Waals surface area contributed by atoms with Crippen LogP contribution >= 0.6 is 0 Å². The summed E-state index contributed by atoms with van der Waals surface area (Å²) in [5, 5.41) is 8.67. The number of methoxy groups -OCH3 is 1. The van der Waals surface area contributed by atoms with Gasteiger partial charge in [-0.05, 0) is 6.42 Å². The largest absolute Gasteiger partial charge is 0.481 e. The summed E-state index contributed by atoms with van der Waals surface area (Å²) in [4.78, 5) is 10.6. The topological polar surface area (TPSA) is 83.9 Å². The molecule has 0 rings (SSSR count). The van der Waals surface area contributed by atoms with Gasteiger partial charge in [0.25, 0.3) is 0 Å². The Labute approximate surface area is 96.2 Å². The second-order valence-corrected chi connectivity index (χ2v) is 5.88. The Morgan fingerprint density at radius 2 is 2.06 bits per heavy atom. The van der Waals surface area contributed by atoms with Crippen molar-refractivity contribution in [3.63, 3.8) is 0 Å². The van der Waals surface area contributed by atoms with Crippen LogP contribution in [0.4, 0.5) is 0 Å². The molecule has 0 fully saturated rings. The molecule has 0 amide bonds. The van der Waals surface area contributed by atoms with E-state index in [1.807, 2.05) is 0 Å². The van der Waals surface area contributed by atoms with E-state index in [4.69, 9.17) is 9.84 Å². The van der Waals surface area contributed by atoms with E-state index in [1.54, 1.807) is 0 Å². The van der Waals surface area contributed by atoms with E-state index in [-0.39, 0.29) is 12.3 Å². The smallest absolute Gasteiger partial charge is 0.307 e. The fourth-order valence-corrected chi connectivity index (χ4v) is 2.36. The van der Waals surface area contributed by atoms with Crippen molar-refractivity contribution in [2.75, 3.05) is 33.1 Å². The molecule has 0 aromatic rings. The van der Waals surface area contributed by atoms with Gasteiger partial charge in [-0.1, -0.05) is 6.92 Å². The van der Waals surface area contributed by atoms with Crippen LogP contribution in [-0.2, 0) is 19.6 Å². The molecule has 0 aromatic heterocycles. The van der Waals surface area contributed by atoms with Gasteiger partial charge in [-0.25, -0.2) is 12.7 Å². The quantitative estimate of drug-likeness (QED) is 0.616. The lowest BCUT2D eigenvalue weighted by molar-refractivity contribution is -0.141. The minimum atomic E-state index is -3.37. The fourth-order valence-electron chi connectivity index (χ4n) is 1.12. The molecule has 0 aromatic carbocycles. The highest BCUT2D eigenvalue weighted by molar-refractivity contribution is 7.89. The summed E-state index contributed by atoms with van der Waals surface area (Å²) in [5.41, 5.74) is 0. The first-order chi connectivity index (χ1) is 7.31. The van der Waals surface area contributed by atoms with Gasteiger partial charge in [0.05, 0.1) is 11.7 Å². The van der Waals surface area contributed by atoms with Crippen LogP contribution in [0.1, 0.15) is 13.3 Å². The number of sulfonamides is 1. The lowest BCUT2D eigenvalue weighted by Crippen LogP contribution is -2.35. The zero-order valence-corrected chi connectivity index (χ0v) is 10.7. The summed E-state index contributed by atoms with van der Waals surface area (Å²) >= 11 is 0. The molecule has 0 saturated carbocycles. The van der Waals surface area contributed by atoms with Gasteiger partial charge < -0.3 is 9.84 Å². The number of rotatable bonds is 8. The molecule has 0 spiro atoms. The molecule has 96 valence electrons. The van der Waals surface area contributed by atoms with Gasteiger partial charge in [0.2, 0.25) is 10.0 Å². The lowest BCUT2D eigenvalue weighted by Gasteiger charge is -2.18. The Morgan fingerprint density at radius 1 is 1.50 bits per heavy atom. The zero-order valence-electron chi connectivity index (χ0n) is 9.84. The van der Waals surface area contributed by atoms with Gasteiger partial charge in [0.15, 0.2) is 0 Å². The first-order valence-electron chi connectivity index (χ1n) is 4.97. The van der Waals surface area contributed by atoms with Gasteiger partial charge in [0.1, 0.15) is 0 Å². The molecule has 0 bridgehead atoms. The van der Waals surface area contributed by atoms with Crippen molar-refractivity contribution in [1.82, 2.24) is 4.31 Å². The van der Waals surface area contributed by atoms with E-state index in [0.717, 1.165) is 4.31 Å². The molecule has 7 heteroatoms. The number of ether oxygens (including phenoxy) is 1. The zero-order chi connectivity index (χ0) is 12.8. The van der Waals surface area contributed by atoms with Crippen molar-refractivity contribution in [1.29, 1.82) is 0 Å². The predicted octanol–water partition coefficient (Wildman–Crippen LogP) is 0.00520. The van der Waals surface area contributed by atoms with E-state index < -0.39 is 21.9 Å². The molecule has 16 heavy (non-hydrogen) atoms. The number of hydrogen-bond donors (Lipinski definition) is 1. The van der Waals surface area contributed by atoms with E-state index in [2.05, 4.69) is 0 Å². The fraction of sp³-hybridized carbons (Fsp3) is 0.889. The van der Waals surface area contributed by atoms with Crippen LogP contribution in [-0.4, -0.2) is 56.9 Å². The van der Waals surface area contributed by atoms with E-state index in [9.17, 15) is 13.2 Å². The highest BCUT2D eigenvalue weighted by atomic mass is 32.2. The van der Waals surface area contributed by atoms with E-state index >= 15 is 0 Å². The summed E-state index contributed by atoms with van der Waals surface area (Å²) in [6, 6.07) is 0. The highest BCUT2D eigenvalue weighted by Crippen LogP contribution is 2.05. The first kappa shape index (κ1) is 15.3. The molecular formula is C9H19NO5S. The molecule has 0 radical (unpaired) electrons. The van der Waals surface area contributed by atoms with Crippen LogP contribution < -0.4 is 0 Å². The summed E-state index contributed by atoms with van der Waals surface area (Å²) in [7, 11) is -0.478. The first-order valence-corrected chi connectivity index (χ1v) is 6.58. The minimum absolute atomic E-state index is 0.00928. The molecule has 0 heterocycles. The SMILES string of the molecule is COCCCS(=O)(=O)N(C)CC(C)C(=O)O. The van der Waals surface area contributed by atoms with Crippen LogP contribution in [0.25, 0.3) is 0 Å². The van der Waals surface area contributed by atoms with Crippen molar-refractivity contribution in [3.8, 4) is 0 Å². The number of carboxylic acids is 1. The Kier molecular flexibility index (Phi) is 6.54. The van der Waals surface area contributed by atoms with Crippen molar-refractivity contribution in [2.45, 2.75) is 13.3 Å². The van der Waals surface area contributed by atoms with Gasteiger partial charge >= 0.3 is 5.97 Å². The lowest BCUT2D eigenvalue weighted by atomic mass is 10.2. The molecule has 6 nitrogen and oxygen atoms in total. The Hall–Kier alpha value is -0.660. The van der Waals surface area contributed by atoms with Crippen molar-refractivity contribution < 1.29 is 23.1 Å². The molecule has 0 saturated heterocycles. The second-order valence-electron chi connectivity index (χ2n) is 3.68. The third-order valence-electron chi connectivity index (χ3n) is 2.18. The van der Waals surface area contributed by atoms with Gasteiger partial charge in [0, 0.05) is 27.3 Å². The van der Waals surface area contributed by atoms with Crippen LogP contribution in [0.15, 0.2) is 0 Å². The summed E-state index contributed by atoms with van der Waals surface area (Å²) in [6.45, 7) is 1.84. The van der Waals surface area contributed by atoms with Crippen LogP contribution in [0.5, 0.6) is 0 Å². The van der Waals surface area contributed by atoms with E-state index in [0.29, 0.717) is 13.0 Å². The average Bonchev–Trinajstić information content (AvgIpc) is 2.17. The maximum atomic E-state index is 11.6. The molecule has 1 unspecified atom stereocenters. The van der Waals surface area contributed by atoms with Gasteiger partial charge in [-0.15, -0.1) is 0 Å². The van der Waals surface area contributed by atoms with Crippen LogP contribution in [0.2, 0.25) is 0 Å². The Morgan fingerprint density at radius 3 is 2.50 bits per heavy atom. The molecule has 1 atom stereocenters. The maximum absolute atomic E-state index is 11.6. The minimum Gasteiger partial charge on any atom is -0.481 e. The molecule has 0 aliphatic carbocycles. The number of carboxylic acid groups (broad SMARTS) is 1. The molecule has 0 aliphatic heterocycles.